The topological polar surface area (TPSA) is 45.4 Å². The van der Waals surface area contributed by atoms with E-state index in [1.54, 1.807) is 18.4 Å². The maximum Gasteiger partial charge on any atom is 0.133 e. The lowest BCUT2D eigenvalue weighted by Crippen LogP contribution is -2.24. The maximum absolute atomic E-state index is 9.91. The molecule has 1 heterocycles. The molecule has 2 atom stereocenters. The second-order valence-electron chi connectivity index (χ2n) is 4.18. The minimum absolute atomic E-state index is 0.158. The quantitative estimate of drug-likeness (QED) is 0.889. The first-order chi connectivity index (χ1) is 8.68. The molecule has 1 unspecified atom stereocenters. The number of hydrogen-bond acceptors (Lipinski definition) is 3. The third kappa shape index (κ3) is 3.22. The number of halogens is 1. The van der Waals surface area contributed by atoms with Crippen molar-refractivity contribution in [1.29, 1.82) is 0 Å². The van der Waals surface area contributed by atoms with Gasteiger partial charge in [0.05, 0.1) is 6.26 Å². The summed E-state index contributed by atoms with van der Waals surface area (Å²) < 4.78 is 6.22. The van der Waals surface area contributed by atoms with Gasteiger partial charge in [0.15, 0.2) is 0 Å². The van der Waals surface area contributed by atoms with Crippen molar-refractivity contribution in [3.63, 3.8) is 0 Å². The molecule has 96 valence electrons. The molecule has 0 saturated heterocycles. The minimum atomic E-state index is -0.620. The van der Waals surface area contributed by atoms with Gasteiger partial charge in [-0.05, 0) is 30.7 Å². The Hall–Kier alpha value is -1.10. The summed E-state index contributed by atoms with van der Waals surface area (Å²) in [6, 6.07) is 11.8. The van der Waals surface area contributed by atoms with Crippen molar-refractivity contribution >= 4 is 15.9 Å². The molecule has 2 N–H and O–H groups in total. The first-order valence-electron chi connectivity index (χ1n) is 5.87. The fourth-order valence-corrected chi connectivity index (χ4v) is 2.43. The van der Waals surface area contributed by atoms with Gasteiger partial charge in [0, 0.05) is 17.1 Å². The molecule has 0 radical (unpaired) electrons. The Morgan fingerprint density at radius 2 is 2.06 bits per heavy atom. The highest BCUT2D eigenvalue weighted by Gasteiger charge is 2.13. The van der Waals surface area contributed by atoms with E-state index >= 15 is 0 Å². The average Bonchev–Trinajstić information content (AvgIpc) is 2.90. The van der Waals surface area contributed by atoms with Crippen LogP contribution in [0.3, 0.4) is 0 Å². The molecular formula is C14H16BrNO2. The molecule has 4 heteroatoms. The molecular weight excluding hydrogens is 294 g/mol. The summed E-state index contributed by atoms with van der Waals surface area (Å²) in [4.78, 5) is 0. The lowest BCUT2D eigenvalue weighted by atomic mass is 10.1. The maximum atomic E-state index is 9.91. The number of aliphatic hydroxyl groups excluding tert-OH is 1. The van der Waals surface area contributed by atoms with Crippen LogP contribution in [0.2, 0.25) is 0 Å². The van der Waals surface area contributed by atoms with Crippen LogP contribution in [0.15, 0.2) is 51.6 Å². The SMILES string of the molecule is C[C@@H](NCC(O)c1ccco1)c1ccccc1Br. The third-order valence-electron chi connectivity index (χ3n) is 2.86. The molecule has 1 aromatic carbocycles. The highest BCUT2D eigenvalue weighted by Crippen LogP contribution is 2.23. The minimum Gasteiger partial charge on any atom is -0.467 e. The second kappa shape index (κ2) is 6.18. The van der Waals surface area contributed by atoms with E-state index in [0.29, 0.717) is 12.3 Å². The predicted octanol–water partition coefficient (Wildman–Crippen LogP) is 3.43. The second-order valence-corrected chi connectivity index (χ2v) is 5.04. The Morgan fingerprint density at radius 3 is 2.72 bits per heavy atom. The third-order valence-corrected chi connectivity index (χ3v) is 3.58. The number of rotatable bonds is 5. The molecule has 0 aliphatic heterocycles. The smallest absolute Gasteiger partial charge is 0.133 e. The van der Waals surface area contributed by atoms with Gasteiger partial charge in [-0.15, -0.1) is 0 Å². The van der Waals surface area contributed by atoms with E-state index in [9.17, 15) is 5.11 Å². The van der Waals surface area contributed by atoms with E-state index in [1.165, 1.54) is 5.56 Å². The van der Waals surface area contributed by atoms with Gasteiger partial charge in [-0.3, -0.25) is 0 Å². The van der Waals surface area contributed by atoms with Gasteiger partial charge >= 0.3 is 0 Å². The standard InChI is InChI=1S/C14H16BrNO2/c1-10(11-5-2-3-6-12(11)15)16-9-13(17)14-7-4-8-18-14/h2-8,10,13,16-17H,9H2,1H3/t10-,13?/m1/s1. The Morgan fingerprint density at radius 1 is 1.28 bits per heavy atom. The predicted molar refractivity (Wildman–Crippen MR) is 74.2 cm³/mol. The van der Waals surface area contributed by atoms with Gasteiger partial charge in [0.25, 0.3) is 0 Å². The van der Waals surface area contributed by atoms with Gasteiger partial charge in [0.2, 0.25) is 0 Å². The molecule has 1 aromatic heterocycles. The number of nitrogens with one attached hydrogen (secondary N) is 1. The van der Waals surface area contributed by atoms with Crippen molar-refractivity contribution in [2.45, 2.75) is 19.1 Å². The summed E-state index contributed by atoms with van der Waals surface area (Å²) in [5, 5.41) is 13.2. The highest BCUT2D eigenvalue weighted by molar-refractivity contribution is 9.10. The van der Waals surface area contributed by atoms with Gasteiger partial charge in [-0.2, -0.15) is 0 Å². The van der Waals surface area contributed by atoms with E-state index in [1.807, 2.05) is 18.2 Å². The number of furan rings is 1. The zero-order valence-electron chi connectivity index (χ0n) is 10.1. The summed E-state index contributed by atoms with van der Waals surface area (Å²) in [6.45, 7) is 2.52. The van der Waals surface area contributed by atoms with Crippen LogP contribution in [-0.2, 0) is 0 Å². The molecule has 0 fully saturated rings. The van der Waals surface area contributed by atoms with Crippen LogP contribution in [0.1, 0.15) is 30.4 Å². The molecule has 2 aromatic rings. The number of benzene rings is 1. The Labute approximate surface area is 115 Å². The summed E-state index contributed by atoms with van der Waals surface area (Å²) in [5.41, 5.74) is 1.17. The molecule has 0 aliphatic rings. The number of hydrogen-bond donors (Lipinski definition) is 2. The molecule has 0 bridgehead atoms. The molecule has 18 heavy (non-hydrogen) atoms. The van der Waals surface area contributed by atoms with Gasteiger partial charge in [-0.1, -0.05) is 34.1 Å². The van der Waals surface area contributed by atoms with E-state index < -0.39 is 6.10 Å². The normalized spacial score (nSPS) is 14.4. The highest BCUT2D eigenvalue weighted by atomic mass is 79.9. The largest absolute Gasteiger partial charge is 0.467 e. The average molecular weight is 310 g/mol. The van der Waals surface area contributed by atoms with Crippen molar-refractivity contribution in [2.24, 2.45) is 0 Å². The Balaban J connectivity index is 1.93. The van der Waals surface area contributed by atoms with Crippen LogP contribution >= 0.6 is 15.9 Å². The van der Waals surface area contributed by atoms with Gasteiger partial charge < -0.3 is 14.8 Å². The summed E-state index contributed by atoms with van der Waals surface area (Å²) in [7, 11) is 0. The zero-order chi connectivity index (χ0) is 13.0. The fraction of sp³-hybridized carbons (Fsp3) is 0.286. The Kier molecular flexibility index (Phi) is 4.58. The zero-order valence-corrected chi connectivity index (χ0v) is 11.7. The van der Waals surface area contributed by atoms with E-state index in [-0.39, 0.29) is 6.04 Å². The summed E-state index contributed by atoms with van der Waals surface area (Å²) >= 11 is 3.52. The summed E-state index contributed by atoms with van der Waals surface area (Å²) in [6.07, 6.45) is 0.945. The first kappa shape index (κ1) is 13.3. The lowest BCUT2D eigenvalue weighted by Gasteiger charge is -2.17. The van der Waals surface area contributed by atoms with Crippen LogP contribution in [0.5, 0.6) is 0 Å². The van der Waals surface area contributed by atoms with Crippen molar-refractivity contribution in [3.8, 4) is 0 Å². The fourth-order valence-electron chi connectivity index (χ4n) is 1.81. The van der Waals surface area contributed by atoms with Gasteiger partial charge in [-0.25, -0.2) is 0 Å². The van der Waals surface area contributed by atoms with Crippen molar-refractivity contribution in [3.05, 3.63) is 58.5 Å². The Bertz CT molecular complexity index is 484. The van der Waals surface area contributed by atoms with Crippen molar-refractivity contribution in [1.82, 2.24) is 5.32 Å². The van der Waals surface area contributed by atoms with Crippen LogP contribution in [-0.4, -0.2) is 11.7 Å². The van der Waals surface area contributed by atoms with E-state index in [0.717, 1.165) is 4.47 Å². The monoisotopic (exact) mass is 309 g/mol. The van der Waals surface area contributed by atoms with Crippen LogP contribution in [0, 0.1) is 0 Å². The number of aliphatic hydroxyl groups is 1. The van der Waals surface area contributed by atoms with Crippen LogP contribution < -0.4 is 5.32 Å². The van der Waals surface area contributed by atoms with Crippen molar-refractivity contribution < 1.29 is 9.52 Å². The van der Waals surface area contributed by atoms with Crippen molar-refractivity contribution in [2.75, 3.05) is 6.54 Å². The molecule has 2 rings (SSSR count). The first-order valence-corrected chi connectivity index (χ1v) is 6.67. The van der Waals surface area contributed by atoms with E-state index in [2.05, 4.69) is 34.2 Å². The summed E-state index contributed by atoms with van der Waals surface area (Å²) in [5.74, 6) is 0.585. The molecule has 3 nitrogen and oxygen atoms in total. The van der Waals surface area contributed by atoms with Crippen LogP contribution in [0.25, 0.3) is 0 Å². The molecule has 0 amide bonds. The molecule has 0 aliphatic carbocycles. The van der Waals surface area contributed by atoms with Gasteiger partial charge in [0.1, 0.15) is 11.9 Å². The van der Waals surface area contributed by atoms with E-state index in [4.69, 9.17) is 4.42 Å². The lowest BCUT2D eigenvalue weighted by molar-refractivity contribution is 0.144. The molecule has 0 saturated carbocycles. The molecule has 0 spiro atoms. The van der Waals surface area contributed by atoms with Crippen LogP contribution in [0.4, 0.5) is 0 Å².